The third-order valence-corrected chi connectivity index (χ3v) is 4.59. The van der Waals surface area contributed by atoms with Gasteiger partial charge in [-0.05, 0) is 12.1 Å². The Morgan fingerprint density at radius 3 is 3.05 bits per heavy atom. The number of anilines is 1. The lowest BCUT2D eigenvalue weighted by Gasteiger charge is -1.99. The molecule has 0 amide bonds. The number of esters is 1. The molecule has 0 spiro atoms. The number of hydrogen-bond donors (Lipinski definition) is 1. The first-order valence-corrected chi connectivity index (χ1v) is 8.28. The number of benzene rings is 1. The molecule has 1 aromatic carbocycles. The minimum absolute atomic E-state index is 0.158. The summed E-state index contributed by atoms with van der Waals surface area (Å²) in [4.78, 5) is 20.6. The van der Waals surface area contributed by atoms with Gasteiger partial charge in [-0.3, -0.25) is 0 Å². The van der Waals surface area contributed by atoms with E-state index in [0.717, 1.165) is 15.2 Å². The van der Waals surface area contributed by atoms with Crippen LogP contribution in [0.5, 0.6) is 0 Å². The maximum absolute atomic E-state index is 12.0. The Labute approximate surface area is 135 Å². The Bertz CT molecular complexity index is 777. The molecule has 0 aliphatic carbocycles. The Morgan fingerprint density at radius 2 is 2.23 bits per heavy atom. The molecule has 3 rings (SSSR count). The second-order valence-corrected chi connectivity index (χ2v) is 6.33. The van der Waals surface area contributed by atoms with Gasteiger partial charge in [0.2, 0.25) is 0 Å². The van der Waals surface area contributed by atoms with Crippen LogP contribution in [0.1, 0.15) is 15.5 Å². The summed E-state index contributed by atoms with van der Waals surface area (Å²) < 4.78 is 6.35. The number of hydrogen-bond acceptors (Lipinski definition) is 7. The zero-order valence-corrected chi connectivity index (χ0v) is 13.2. The normalized spacial score (nSPS) is 10.5. The molecule has 0 unspecified atom stereocenters. The van der Waals surface area contributed by atoms with Gasteiger partial charge in [0.05, 0.1) is 10.2 Å². The molecule has 0 aliphatic heterocycles. The third-order valence-electron chi connectivity index (χ3n) is 2.78. The van der Waals surface area contributed by atoms with Crippen LogP contribution < -0.4 is 5.32 Å². The van der Waals surface area contributed by atoms with Crippen molar-refractivity contribution < 1.29 is 9.53 Å². The number of nitrogens with one attached hydrogen (secondary N) is 1. The van der Waals surface area contributed by atoms with E-state index in [1.165, 1.54) is 22.7 Å². The van der Waals surface area contributed by atoms with Crippen molar-refractivity contribution in [2.75, 3.05) is 11.9 Å². The van der Waals surface area contributed by atoms with Gasteiger partial charge in [-0.25, -0.2) is 14.8 Å². The largest absolute Gasteiger partial charge is 0.454 e. The molecule has 2 aromatic heterocycles. The SMILES string of the molecule is C=CCNc1nc(C(=O)OCc2nc3ccccc3s2)cs1. The van der Waals surface area contributed by atoms with Crippen LogP contribution in [0.15, 0.2) is 42.3 Å². The molecule has 0 saturated heterocycles. The lowest BCUT2D eigenvalue weighted by atomic mass is 10.3. The monoisotopic (exact) mass is 331 g/mol. The summed E-state index contributed by atoms with van der Waals surface area (Å²) in [5.41, 5.74) is 1.22. The highest BCUT2D eigenvalue weighted by molar-refractivity contribution is 7.18. The highest BCUT2D eigenvalue weighted by atomic mass is 32.1. The van der Waals surface area contributed by atoms with Crippen molar-refractivity contribution in [1.29, 1.82) is 0 Å². The quantitative estimate of drug-likeness (QED) is 0.551. The van der Waals surface area contributed by atoms with E-state index in [0.29, 0.717) is 17.4 Å². The molecule has 0 fully saturated rings. The van der Waals surface area contributed by atoms with Gasteiger partial charge >= 0.3 is 5.97 Å². The summed E-state index contributed by atoms with van der Waals surface area (Å²) in [7, 11) is 0. The average Bonchev–Trinajstić information content (AvgIpc) is 3.16. The Morgan fingerprint density at radius 1 is 1.36 bits per heavy atom. The molecule has 0 bridgehead atoms. The number of carbonyl (C=O) groups excluding carboxylic acids is 1. The van der Waals surface area contributed by atoms with Gasteiger partial charge < -0.3 is 10.1 Å². The summed E-state index contributed by atoms with van der Waals surface area (Å²) in [6, 6.07) is 7.83. The zero-order chi connectivity index (χ0) is 15.4. The maximum Gasteiger partial charge on any atom is 0.358 e. The zero-order valence-electron chi connectivity index (χ0n) is 11.6. The van der Waals surface area contributed by atoms with Gasteiger partial charge in [-0.2, -0.15) is 0 Å². The van der Waals surface area contributed by atoms with E-state index >= 15 is 0 Å². The molecule has 7 heteroatoms. The van der Waals surface area contributed by atoms with Crippen LogP contribution in [-0.4, -0.2) is 22.5 Å². The van der Waals surface area contributed by atoms with Gasteiger partial charge in [-0.1, -0.05) is 18.2 Å². The van der Waals surface area contributed by atoms with Crippen molar-refractivity contribution in [1.82, 2.24) is 9.97 Å². The maximum atomic E-state index is 12.0. The van der Waals surface area contributed by atoms with Crippen molar-refractivity contribution in [3.05, 3.63) is 53.0 Å². The van der Waals surface area contributed by atoms with Crippen LogP contribution in [0, 0.1) is 0 Å². The third kappa shape index (κ3) is 3.32. The number of para-hydroxylation sites is 1. The van der Waals surface area contributed by atoms with E-state index in [9.17, 15) is 4.79 Å². The number of nitrogens with zero attached hydrogens (tertiary/aromatic N) is 2. The van der Waals surface area contributed by atoms with Crippen LogP contribution in [0.4, 0.5) is 5.13 Å². The molecule has 3 aromatic rings. The van der Waals surface area contributed by atoms with Crippen molar-refractivity contribution >= 4 is 44.0 Å². The molecular weight excluding hydrogens is 318 g/mol. The standard InChI is InChI=1S/C15H13N3O2S2/c1-2-7-16-15-18-11(9-21-15)14(19)20-8-13-17-10-5-3-4-6-12(10)22-13/h2-6,9H,1,7-8H2,(H,16,18). The van der Waals surface area contributed by atoms with Crippen molar-refractivity contribution in [2.45, 2.75) is 6.61 Å². The Kier molecular flexibility index (Phi) is 4.45. The summed E-state index contributed by atoms with van der Waals surface area (Å²) in [6.07, 6.45) is 1.73. The van der Waals surface area contributed by atoms with Crippen molar-refractivity contribution in [3.8, 4) is 0 Å². The summed E-state index contributed by atoms with van der Waals surface area (Å²) >= 11 is 2.88. The number of ether oxygens (including phenoxy) is 1. The van der Waals surface area contributed by atoms with E-state index < -0.39 is 5.97 Å². The molecule has 2 heterocycles. The van der Waals surface area contributed by atoms with Gasteiger partial charge in [0, 0.05) is 11.9 Å². The highest BCUT2D eigenvalue weighted by Crippen LogP contribution is 2.22. The minimum atomic E-state index is -0.442. The lowest BCUT2D eigenvalue weighted by molar-refractivity contribution is 0.0466. The first-order chi connectivity index (χ1) is 10.8. The fourth-order valence-electron chi connectivity index (χ4n) is 1.79. The van der Waals surface area contributed by atoms with Gasteiger partial charge in [0.25, 0.3) is 0 Å². The van der Waals surface area contributed by atoms with Crippen molar-refractivity contribution in [2.24, 2.45) is 0 Å². The highest BCUT2D eigenvalue weighted by Gasteiger charge is 2.13. The van der Waals surface area contributed by atoms with Crippen molar-refractivity contribution in [3.63, 3.8) is 0 Å². The number of thiazole rings is 2. The van der Waals surface area contributed by atoms with E-state index in [1.54, 1.807) is 11.5 Å². The molecule has 112 valence electrons. The van der Waals surface area contributed by atoms with Crippen LogP contribution in [0.25, 0.3) is 10.2 Å². The fraction of sp³-hybridized carbons (Fsp3) is 0.133. The molecule has 0 aliphatic rings. The minimum Gasteiger partial charge on any atom is -0.454 e. The summed E-state index contributed by atoms with van der Waals surface area (Å²) in [5.74, 6) is -0.442. The summed E-state index contributed by atoms with van der Waals surface area (Å²) in [6.45, 7) is 4.38. The first kappa shape index (κ1) is 14.7. The fourth-order valence-corrected chi connectivity index (χ4v) is 3.36. The van der Waals surface area contributed by atoms with Crippen LogP contribution in [0.3, 0.4) is 0 Å². The Balaban J connectivity index is 1.61. The van der Waals surface area contributed by atoms with Crippen LogP contribution in [-0.2, 0) is 11.3 Å². The second kappa shape index (κ2) is 6.67. The number of carbonyl (C=O) groups is 1. The molecule has 1 N–H and O–H groups in total. The molecule has 22 heavy (non-hydrogen) atoms. The van der Waals surface area contributed by atoms with Gasteiger partial charge in [0.15, 0.2) is 10.8 Å². The predicted molar refractivity (Wildman–Crippen MR) is 89.5 cm³/mol. The van der Waals surface area contributed by atoms with E-state index in [1.807, 2.05) is 24.3 Å². The molecule has 0 saturated carbocycles. The van der Waals surface area contributed by atoms with Crippen LogP contribution >= 0.6 is 22.7 Å². The lowest BCUT2D eigenvalue weighted by Crippen LogP contribution is -2.06. The molecular formula is C15H13N3O2S2. The molecule has 0 radical (unpaired) electrons. The number of rotatable bonds is 6. The topological polar surface area (TPSA) is 64.1 Å². The van der Waals surface area contributed by atoms with Crippen LogP contribution in [0.2, 0.25) is 0 Å². The smallest absolute Gasteiger partial charge is 0.358 e. The predicted octanol–water partition coefficient (Wildman–Crippen LogP) is 3.71. The van der Waals surface area contributed by atoms with E-state index in [2.05, 4.69) is 21.9 Å². The first-order valence-electron chi connectivity index (χ1n) is 6.58. The van der Waals surface area contributed by atoms with E-state index in [-0.39, 0.29) is 6.61 Å². The number of aromatic nitrogens is 2. The Hall–Kier alpha value is -2.25. The van der Waals surface area contributed by atoms with Gasteiger partial charge in [0.1, 0.15) is 11.6 Å². The molecule has 5 nitrogen and oxygen atoms in total. The average molecular weight is 331 g/mol. The second-order valence-electron chi connectivity index (χ2n) is 4.36. The van der Waals surface area contributed by atoms with Gasteiger partial charge in [-0.15, -0.1) is 29.3 Å². The summed E-state index contributed by atoms with van der Waals surface area (Å²) in [5, 5.41) is 6.15. The van der Waals surface area contributed by atoms with E-state index in [4.69, 9.17) is 4.74 Å². The molecule has 0 atom stereocenters. The number of fused-ring (bicyclic) bond motifs is 1.